The summed E-state index contributed by atoms with van der Waals surface area (Å²) in [6, 6.07) is 0. The maximum atomic E-state index is 11.3. The van der Waals surface area contributed by atoms with Crippen LogP contribution in [0.2, 0.25) is 0 Å². The molecule has 7 heteroatoms. The van der Waals surface area contributed by atoms with E-state index in [4.69, 9.17) is 10.5 Å². The van der Waals surface area contributed by atoms with Gasteiger partial charge in [0.15, 0.2) is 10.8 Å². The minimum Gasteiger partial charge on any atom is -0.461 e. The molecule has 3 N–H and O–H groups in total. The van der Waals surface area contributed by atoms with Crippen LogP contribution in [0.15, 0.2) is 0 Å². The van der Waals surface area contributed by atoms with Crippen molar-refractivity contribution in [1.29, 1.82) is 0 Å². The fourth-order valence-electron chi connectivity index (χ4n) is 0.882. The molecule has 0 atom stereocenters. The van der Waals surface area contributed by atoms with Crippen molar-refractivity contribution in [1.82, 2.24) is 4.98 Å². The predicted molar refractivity (Wildman–Crippen MR) is 56.8 cm³/mol. The summed E-state index contributed by atoms with van der Waals surface area (Å²) in [4.78, 5) is 25.9. The molecule has 0 aliphatic carbocycles. The predicted octanol–water partition coefficient (Wildman–Crippen LogP) is 0.860. The summed E-state index contributed by atoms with van der Waals surface area (Å²) < 4.78 is 4.74. The highest BCUT2D eigenvalue weighted by atomic mass is 32.1. The summed E-state index contributed by atoms with van der Waals surface area (Å²) in [5, 5.41) is 2.97. The second kappa shape index (κ2) is 4.74. The lowest BCUT2D eigenvalue weighted by Crippen LogP contribution is -2.09. The van der Waals surface area contributed by atoms with Crippen LogP contribution in [0, 0.1) is 0 Å². The first-order chi connectivity index (χ1) is 7.04. The van der Waals surface area contributed by atoms with E-state index >= 15 is 0 Å². The summed E-state index contributed by atoms with van der Waals surface area (Å²) in [5.74, 6) is -0.845. The summed E-state index contributed by atoms with van der Waals surface area (Å²) in [7, 11) is 0. The number of ether oxygens (including phenoxy) is 1. The van der Waals surface area contributed by atoms with E-state index in [1.807, 2.05) is 0 Å². The third kappa shape index (κ3) is 2.91. The SMILES string of the molecule is CCOC(=O)c1nc(NC(C)=O)sc1N. The van der Waals surface area contributed by atoms with Crippen LogP contribution in [0.4, 0.5) is 10.1 Å². The molecule has 0 aliphatic rings. The molecule has 0 unspecified atom stereocenters. The topological polar surface area (TPSA) is 94.3 Å². The number of thiazole rings is 1. The van der Waals surface area contributed by atoms with Crippen molar-refractivity contribution in [3.05, 3.63) is 5.69 Å². The Balaban J connectivity index is 2.86. The highest BCUT2D eigenvalue weighted by Gasteiger charge is 2.17. The number of rotatable bonds is 3. The first-order valence-corrected chi connectivity index (χ1v) is 5.07. The maximum absolute atomic E-state index is 11.3. The van der Waals surface area contributed by atoms with Gasteiger partial charge in [0.2, 0.25) is 5.91 Å². The van der Waals surface area contributed by atoms with Gasteiger partial charge in [-0.3, -0.25) is 4.79 Å². The van der Waals surface area contributed by atoms with Crippen molar-refractivity contribution in [2.45, 2.75) is 13.8 Å². The Morgan fingerprint density at radius 3 is 2.80 bits per heavy atom. The van der Waals surface area contributed by atoms with Crippen molar-refractivity contribution in [2.75, 3.05) is 17.7 Å². The summed E-state index contributed by atoms with van der Waals surface area (Å²) in [6.07, 6.45) is 0. The molecular formula is C8H11N3O3S. The molecule has 0 aromatic carbocycles. The molecule has 0 bridgehead atoms. The summed E-state index contributed by atoms with van der Waals surface area (Å²) in [6.45, 7) is 3.29. The van der Waals surface area contributed by atoms with Gasteiger partial charge in [-0.1, -0.05) is 11.3 Å². The van der Waals surface area contributed by atoms with Gasteiger partial charge in [0.25, 0.3) is 0 Å². The number of aromatic nitrogens is 1. The standard InChI is InChI=1S/C8H11N3O3S/c1-3-14-7(13)5-6(9)15-8(11-5)10-4(2)12/h3,9H2,1-2H3,(H,10,11,12). The van der Waals surface area contributed by atoms with Gasteiger partial charge < -0.3 is 15.8 Å². The van der Waals surface area contributed by atoms with Gasteiger partial charge in [0.05, 0.1) is 6.61 Å². The monoisotopic (exact) mass is 229 g/mol. The van der Waals surface area contributed by atoms with Crippen LogP contribution in [0.1, 0.15) is 24.3 Å². The first kappa shape index (κ1) is 11.4. The Hall–Kier alpha value is -1.63. The highest BCUT2D eigenvalue weighted by Crippen LogP contribution is 2.25. The lowest BCUT2D eigenvalue weighted by molar-refractivity contribution is -0.114. The minimum absolute atomic E-state index is 0.0469. The number of anilines is 2. The lowest BCUT2D eigenvalue weighted by Gasteiger charge is -1.97. The van der Waals surface area contributed by atoms with E-state index in [0.717, 1.165) is 11.3 Å². The van der Waals surface area contributed by atoms with E-state index in [1.54, 1.807) is 6.92 Å². The van der Waals surface area contributed by atoms with Crippen LogP contribution in [-0.4, -0.2) is 23.5 Å². The third-order valence-corrected chi connectivity index (χ3v) is 2.21. The Labute approximate surface area is 90.4 Å². The van der Waals surface area contributed by atoms with Crippen LogP contribution in [0.5, 0.6) is 0 Å². The van der Waals surface area contributed by atoms with E-state index < -0.39 is 5.97 Å². The number of carbonyl (C=O) groups is 2. The molecule has 82 valence electrons. The van der Waals surface area contributed by atoms with Gasteiger partial charge in [-0.2, -0.15) is 0 Å². The van der Waals surface area contributed by atoms with E-state index in [-0.39, 0.29) is 23.2 Å². The van der Waals surface area contributed by atoms with Crippen molar-refractivity contribution in [3.63, 3.8) is 0 Å². The van der Waals surface area contributed by atoms with Crippen LogP contribution in [-0.2, 0) is 9.53 Å². The van der Waals surface area contributed by atoms with Crippen molar-refractivity contribution in [3.8, 4) is 0 Å². The maximum Gasteiger partial charge on any atom is 0.360 e. The molecule has 6 nitrogen and oxygen atoms in total. The zero-order valence-electron chi connectivity index (χ0n) is 8.36. The lowest BCUT2D eigenvalue weighted by atomic mass is 10.5. The number of nitrogens with one attached hydrogen (secondary N) is 1. The molecule has 1 heterocycles. The number of amides is 1. The number of nitrogens with zero attached hydrogens (tertiary/aromatic N) is 1. The summed E-state index contributed by atoms with van der Waals surface area (Å²) >= 11 is 1.03. The number of hydrogen-bond donors (Lipinski definition) is 2. The number of carbonyl (C=O) groups excluding carboxylic acids is 2. The minimum atomic E-state index is -0.581. The molecule has 0 spiro atoms. The molecule has 0 aliphatic heterocycles. The van der Waals surface area contributed by atoms with Crippen molar-refractivity contribution in [2.24, 2.45) is 0 Å². The quantitative estimate of drug-likeness (QED) is 0.749. The molecule has 0 saturated carbocycles. The molecular weight excluding hydrogens is 218 g/mol. The summed E-state index contributed by atoms with van der Waals surface area (Å²) in [5.41, 5.74) is 5.60. The molecule has 0 saturated heterocycles. The Morgan fingerprint density at radius 1 is 1.60 bits per heavy atom. The average molecular weight is 229 g/mol. The number of esters is 1. The van der Waals surface area contributed by atoms with Crippen molar-refractivity contribution < 1.29 is 14.3 Å². The normalized spacial score (nSPS) is 9.73. The largest absolute Gasteiger partial charge is 0.461 e. The van der Waals surface area contributed by atoms with E-state index in [9.17, 15) is 9.59 Å². The van der Waals surface area contributed by atoms with E-state index in [0.29, 0.717) is 5.13 Å². The molecule has 15 heavy (non-hydrogen) atoms. The second-order valence-electron chi connectivity index (χ2n) is 2.63. The zero-order chi connectivity index (χ0) is 11.4. The molecule has 1 aromatic heterocycles. The fraction of sp³-hybridized carbons (Fsp3) is 0.375. The first-order valence-electron chi connectivity index (χ1n) is 4.25. The molecule has 1 aromatic rings. The zero-order valence-corrected chi connectivity index (χ0v) is 9.18. The Kier molecular flexibility index (Phi) is 3.62. The molecule has 1 rings (SSSR count). The van der Waals surface area contributed by atoms with Gasteiger partial charge in [-0.15, -0.1) is 0 Å². The Bertz CT molecular complexity index is 388. The van der Waals surface area contributed by atoms with E-state index in [1.165, 1.54) is 6.92 Å². The smallest absolute Gasteiger partial charge is 0.360 e. The molecule has 0 fully saturated rings. The number of nitrogens with two attached hydrogens (primary N) is 1. The van der Waals surface area contributed by atoms with Gasteiger partial charge in [0.1, 0.15) is 5.00 Å². The number of nitrogen functional groups attached to an aromatic ring is 1. The van der Waals surface area contributed by atoms with Crippen LogP contribution < -0.4 is 11.1 Å². The highest BCUT2D eigenvalue weighted by molar-refractivity contribution is 7.19. The van der Waals surface area contributed by atoms with Crippen LogP contribution in [0.25, 0.3) is 0 Å². The van der Waals surface area contributed by atoms with Gasteiger partial charge in [-0.05, 0) is 6.92 Å². The molecule has 0 radical (unpaired) electrons. The van der Waals surface area contributed by atoms with Gasteiger partial charge in [-0.25, -0.2) is 9.78 Å². The fourth-order valence-corrected chi connectivity index (χ4v) is 1.65. The molecule has 1 amide bonds. The van der Waals surface area contributed by atoms with Crippen molar-refractivity contribution >= 4 is 33.3 Å². The average Bonchev–Trinajstić information content (AvgIpc) is 2.46. The van der Waals surface area contributed by atoms with Crippen LogP contribution >= 0.6 is 11.3 Å². The van der Waals surface area contributed by atoms with E-state index in [2.05, 4.69) is 10.3 Å². The Morgan fingerprint density at radius 2 is 2.27 bits per heavy atom. The third-order valence-electron chi connectivity index (χ3n) is 1.41. The van der Waals surface area contributed by atoms with Crippen LogP contribution in [0.3, 0.4) is 0 Å². The second-order valence-corrected chi connectivity index (χ2v) is 3.66. The van der Waals surface area contributed by atoms with Gasteiger partial charge in [0, 0.05) is 6.92 Å². The van der Waals surface area contributed by atoms with Gasteiger partial charge >= 0.3 is 5.97 Å². The number of hydrogen-bond acceptors (Lipinski definition) is 6.